The Balaban J connectivity index is 3.79. The Kier molecular flexibility index (Phi) is 24.0. The molecule has 1 N–H and O–H groups in total. The van der Waals surface area contributed by atoms with Crippen molar-refractivity contribution in [1.82, 2.24) is 0 Å². The molecule has 0 aromatic carbocycles. The first-order chi connectivity index (χ1) is 17.1. The minimum Gasteiger partial charge on any atom is -0.462 e. The van der Waals surface area contributed by atoms with E-state index in [9.17, 15) is 14.7 Å². The van der Waals surface area contributed by atoms with Gasteiger partial charge in [0.1, 0.15) is 6.61 Å². The van der Waals surface area contributed by atoms with Crippen molar-refractivity contribution < 1.29 is 24.2 Å². The standard InChI is InChI=1S/C30H46O5/c1-3-5-7-8-9-10-11-12-13-14-15-16-17-18-19-20-21-22-23-25-30(33)35-28(26-31)27-34-29(32)24-6-4-2/h5,7,9-10,12-13,15-16,18-19,21-22,28,31H,3-4,6,8,11,14,17,20,23-27H2,1-2H3/b7-5-,10-9-,13-12-,16-15-,19-18-,22-21-. The van der Waals surface area contributed by atoms with Crippen molar-refractivity contribution in [2.45, 2.75) is 90.6 Å². The predicted octanol–water partition coefficient (Wildman–Crippen LogP) is 7.10. The van der Waals surface area contributed by atoms with Crippen LogP contribution in [0.25, 0.3) is 0 Å². The molecule has 0 aliphatic rings. The number of esters is 2. The molecule has 0 aliphatic heterocycles. The minimum atomic E-state index is -0.807. The van der Waals surface area contributed by atoms with E-state index in [1.54, 1.807) is 0 Å². The molecule has 5 heteroatoms. The summed E-state index contributed by atoms with van der Waals surface area (Å²) in [6, 6.07) is 0. The topological polar surface area (TPSA) is 72.8 Å². The third-order valence-corrected chi connectivity index (χ3v) is 4.78. The fourth-order valence-electron chi connectivity index (χ4n) is 2.79. The van der Waals surface area contributed by atoms with Crippen LogP contribution in [0.1, 0.15) is 84.5 Å². The summed E-state index contributed by atoms with van der Waals surface area (Å²) >= 11 is 0. The zero-order valence-electron chi connectivity index (χ0n) is 21.8. The summed E-state index contributed by atoms with van der Waals surface area (Å²) in [5.74, 6) is -0.743. The molecule has 0 bridgehead atoms. The average molecular weight is 487 g/mol. The van der Waals surface area contributed by atoms with Crippen molar-refractivity contribution >= 4 is 11.9 Å². The predicted molar refractivity (Wildman–Crippen MR) is 145 cm³/mol. The van der Waals surface area contributed by atoms with Crippen molar-refractivity contribution in [1.29, 1.82) is 0 Å². The van der Waals surface area contributed by atoms with Gasteiger partial charge < -0.3 is 14.6 Å². The lowest BCUT2D eigenvalue weighted by atomic mass is 10.2. The lowest BCUT2D eigenvalue weighted by Crippen LogP contribution is -2.28. The number of unbranched alkanes of at least 4 members (excludes halogenated alkanes) is 1. The van der Waals surface area contributed by atoms with E-state index in [-0.39, 0.29) is 25.6 Å². The maximum atomic E-state index is 11.9. The number of aliphatic hydroxyl groups excluding tert-OH is 1. The molecule has 1 atom stereocenters. The Morgan fingerprint density at radius 3 is 1.63 bits per heavy atom. The van der Waals surface area contributed by atoms with Crippen molar-refractivity contribution in [3.8, 4) is 0 Å². The van der Waals surface area contributed by atoms with Crippen LogP contribution in [0.3, 0.4) is 0 Å². The highest BCUT2D eigenvalue weighted by Gasteiger charge is 2.15. The molecule has 0 aliphatic carbocycles. The zero-order valence-corrected chi connectivity index (χ0v) is 21.8. The fraction of sp³-hybridized carbons (Fsp3) is 0.533. The van der Waals surface area contributed by atoms with E-state index >= 15 is 0 Å². The highest BCUT2D eigenvalue weighted by molar-refractivity contribution is 5.70. The Morgan fingerprint density at radius 1 is 0.686 bits per heavy atom. The van der Waals surface area contributed by atoms with Crippen LogP contribution in [0.5, 0.6) is 0 Å². The third-order valence-electron chi connectivity index (χ3n) is 4.78. The number of hydrogen-bond donors (Lipinski definition) is 1. The summed E-state index contributed by atoms with van der Waals surface area (Å²) in [4.78, 5) is 23.4. The van der Waals surface area contributed by atoms with Crippen molar-refractivity contribution in [3.05, 3.63) is 72.9 Å². The molecule has 35 heavy (non-hydrogen) atoms. The van der Waals surface area contributed by atoms with E-state index < -0.39 is 12.1 Å². The second-order valence-corrected chi connectivity index (χ2v) is 8.03. The molecule has 0 amide bonds. The highest BCUT2D eigenvalue weighted by Crippen LogP contribution is 2.03. The van der Waals surface area contributed by atoms with Crippen LogP contribution in [0.2, 0.25) is 0 Å². The molecule has 0 radical (unpaired) electrons. The largest absolute Gasteiger partial charge is 0.462 e. The number of allylic oxidation sites excluding steroid dienone is 12. The molecule has 0 fully saturated rings. The van der Waals surface area contributed by atoms with Gasteiger partial charge in [-0.15, -0.1) is 0 Å². The Labute approximate surface area is 213 Å². The lowest BCUT2D eigenvalue weighted by molar-refractivity contribution is -0.161. The van der Waals surface area contributed by atoms with Gasteiger partial charge in [0.05, 0.1) is 6.61 Å². The van der Waals surface area contributed by atoms with E-state index in [1.165, 1.54) is 0 Å². The summed E-state index contributed by atoms with van der Waals surface area (Å²) in [5, 5.41) is 9.30. The summed E-state index contributed by atoms with van der Waals surface area (Å²) in [6.45, 7) is 3.66. The van der Waals surface area contributed by atoms with Gasteiger partial charge >= 0.3 is 11.9 Å². The van der Waals surface area contributed by atoms with E-state index in [1.807, 2.05) is 19.1 Å². The summed E-state index contributed by atoms with van der Waals surface area (Å²) in [5.41, 5.74) is 0. The van der Waals surface area contributed by atoms with E-state index in [4.69, 9.17) is 9.47 Å². The molecule has 0 saturated heterocycles. The molecule has 1 unspecified atom stereocenters. The van der Waals surface area contributed by atoms with Gasteiger partial charge in [-0.3, -0.25) is 9.59 Å². The molecular weight excluding hydrogens is 440 g/mol. The first-order valence-corrected chi connectivity index (χ1v) is 13.0. The van der Waals surface area contributed by atoms with Crippen molar-refractivity contribution in [2.75, 3.05) is 13.2 Å². The van der Waals surface area contributed by atoms with Crippen LogP contribution >= 0.6 is 0 Å². The summed E-state index contributed by atoms with van der Waals surface area (Å²) in [6.07, 6.45) is 33.4. The first-order valence-electron chi connectivity index (χ1n) is 13.0. The number of carbonyl (C=O) groups excluding carboxylic acids is 2. The first kappa shape index (κ1) is 32.3. The average Bonchev–Trinajstić information content (AvgIpc) is 2.86. The van der Waals surface area contributed by atoms with Crippen LogP contribution < -0.4 is 0 Å². The SMILES string of the molecule is CC/C=C\C/C=C\C/C=C\C/C=C\C/C=C\C/C=C\CCC(=O)OC(CO)COC(=O)CCCC. The van der Waals surface area contributed by atoms with E-state index in [2.05, 4.69) is 67.7 Å². The smallest absolute Gasteiger partial charge is 0.306 e. The van der Waals surface area contributed by atoms with Crippen molar-refractivity contribution in [2.24, 2.45) is 0 Å². The molecule has 0 saturated carbocycles. The van der Waals surface area contributed by atoms with Gasteiger partial charge in [-0.1, -0.05) is 93.2 Å². The van der Waals surface area contributed by atoms with Gasteiger partial charge in [0, 0.05) is 12.8 Å². The molecule has 0 heterocycles. The number of carbonyl (C=O) groups is 2. The minimum absolute atomic E-state index is 0.106. The van der Waals surface area contributed by atoms with Crippen LogP contribution in [0.15, 0.2) is 72.9 Å². The van der Waals surface area contributed by atoms with Gasteiger partial charge in [-0.25, -0.2) is 0 Å². The van der Waals surface area contributed by atoms with Gasteiger partial charge in [0.15, 0.2) is 6.10 Å². The van der Waals surface area contributed by atoms with E-state index in [0.717, 1.165) is 51.4 Å². The highest BCUT2D eigenvalue weighted by atomic mass is 16.6. The van der Waals surface area contributed by atoms with Crippen LogP contribution in [-0.4, -0.2) is 36.4 Å². The van der Waals surface area contributed by atoms with Gasteiger partial charge in [0.25, 0.3) is 0 Å². The Morgan fingerprint density at radius 2 is 1.17 bits per heavy atom. The maximum Gasteiger partial charge on any atom is 0.306 e. The van der Waals surface area contributed by atoms with Crippen molar-refractivity contribution in [3.63, 3.8) is 0 Å². The second kappa shape index (κ2) is 26.0. The Bertz CT molecular complexity index is 698. The van der Waals surface area contributed by atoms with Crippen LogP contribution in [-0.2, 0) is 19.1 Å². The lowest BCUT2D eigenvalue weighted by Gasteiger charge is -2.15. The van der Waals surface area contributed by atoms with Gasteiger partial charge in [-0.2, -0.15) is 0 Å². The third kappa shape index (κ3) is 24.3. The van der Waals surface area contributed by atoms with Gasteiger partial charge in [-0.05, 0) is 51.4 Å². The zero-order chi connectivity index (χ0) is 25.8. The molecule has 5 nitrogen and oxygen atoms in total. The molecule has 0 spiro atoms. The quantitative estimate of drug-likeness (QED) is 0.138. The normalized spacial score (nSPS) is 13.3. The molecule has 0 aromatic rings. The number of ether oxygens (including phenoxy) is 2. The monoisotopic (exact) mass is 486 g/mol. The second-order valence-electron chi connectivity index (χ2n) is 8.03. The van der Waals surface area contributed by atoms with Gasteiger partial charge in [0.2, 0.25) is 0 Å². The van der Waals surface area contributed by atoms with Crippen LogP contribution in [0, 0.1) is 0 Å². The molecular formula is C30H46O5. The maximum absolute atomic E-state index is 11.9. The number of aliphatic hydroxyl groups is 1. The number of rotatable bonds is 21. The fourth-order valence-corrected chi connectivity index (χ4v) is 2.79. The van der Waals surface area contributed by atoms with E-state index in [0.29, 0.717) is 12.8 Å². The Hall–Kier alpha value is -2.66. The number of hydrogen-bond acceptors (Lipinski definition) is 5. The summed E-state index contributed by atoms with van der Waals surface area (Å²) in [7, 11) is 0. The molecule has 0 aromatic heterocycles. The summed E-state index contributed by atoms with van der Waals surface area (Å²) < 4.78 is 10.2. The van der Waals surface area contributed by atoms with Crippen LogP contribution in [0.4, 0.5) is 0 Å². The molecule has 196 valence electrons. The molecule has 0 rings (SSSR count).